The van der Waals surface area contributed by atoms with Crippen LogP contribution >= 0.6 is 0 Å². The predicted octanol–water partition coefficient (Wildman–Crippen LogP) is 3.00. The number of unbranched alkanes of at least 4 members (excludes halogenated alkanes) is 1. The van der Waals surface area contributed by atoms with Crippen LogP contribution in [0.2, 0.25) is 0 Å². The maximum atomic E-state index is 5.78. The van der Waals surface area contributed by atoms with E-state index >= 15 is 0 Å². The van der Waals surface area contributed by atoms with Crippen LogP contribution in [0, 0.1) is 5.92 Å². The molecule has 0 amide bonds. The minimum Gasteiger partial charge on any atom is -0.364 e. The fourth-order valence-electron chi connectivity index (χ4n) is 3.29. The molecule has 154 valence electrons. The molecule has 1 aromatic rings. The van der Waals surface area contributed by atoms with Crippen molar-refractivity contribution in [3.05, 3.63) is 5.82 Å². The van der Waals surface area contributed by atoms with Gasteiger partial charge in [0.15, 0.2) is 0 Å². The molecular formula is C19H35N5O3. The van der Waals surface area contributed by atoms with Crippen LogP contribution in [-0.2, 0) is 14.2 Å². The van der Waals surface area contributed by atoms with E-state index in [1.54, 1.807) is 14.2 Å². The quantitative estimate of drug-likeness (QED) is 0.404. The highest BCUT2D eigenvalue weighted by molar-refractivity contribution is 5.38. The van der Waals surface area contributed by atoms with E-state index < -0.39 is 0 Å². The van der Waals surface area contributed by atoms with Crippen molar-refractivity contribution in [1.82, 2.24) is 15.0 Å². The van der Waals surface area contributed by atoms with Crippen molar-refractivity contribution in [3.8, 4) is 0 Å². The number of rotatable bonds is 12. The third-order valence-corrected chi connectivity index (χ3v) is 4.81. The van der Waals surface area contributed by atoms with Crippen LogP contribution in [-0.4, -0.2) is 63.0 Å². The molecule has 2 unspecified atom stereocenters. The van der Waals surface area contributed by atoms with Gasteiger partial charge < -0.3 is 19.1 Å². The lowest BCUT2D eigenvalue weighted by Gasteiger charge is -2.24. The molecule has 27 heavy (non-hydrogen) atoms. The first-order valence-electron chi connectivity index (χ1n) is 9.86. The second kappa shape index (κ2) is 11.4. The highest BCUT2D eigenvalue weighted by Gasteiger charge is 2.27. The normalized spacial score (nSPS) is 19.4. The lowest BCUT2D eigenvalue weighted by atomic mass is 10.1. The second-order valence-corrected chi connectivity index (χ2v) is 7.37. The molecule has 8 heteroatoms. The number of methoxy groups -OCH3 is 2. The summed E-state index contributed by atoms with van der Waals surface area (Å²) in [5.74, 6) is 3.16. The molecule has 2 atom stereocenters. The average Bonchev–Trinajstić information content (AvgIpc) is 3.10. The number of hydrogen-bond acceptors (Lipinski definition) is 8. The van der Waals surface area contributed by atoms with Crippen LogP contribution in [0.5, 0.6) is 0 Å². The Hall–Kier alpha value is -1.51. The Morgan fingerprint density at radius 3 is 2.37 bits per heavy atom. The molecule has 1 aromatic heterocycles. The number of anilines is 2. The lowest BCUT2D eigenvalue weighted by molar-refractivity contribution is 0.101. The number of aromatic nitrogens is 3. The largest absolute Gasteiger partial charge is 0.364 e. The minimum atomic E-state index is 0.365. The van der Waals surface area contributed by atoms with Crippen molar-refractivity contribution in [2.45, 2.75) is 51.9 Å². The Labute approximate surface area is 163 Å². The van der Waals surface area contributed by atoms with E-state index in [1.165, 1.54) is 6.42 Å². The third kappa shape index (κ3) is 6.55. The summed E-state index contributed by atoms with van der Waals surface area (Å²) in [5, 5.41) is 0. The maximum absolute atomic E-state index is 5.78. The van der Waals surface area contributed by atoms with Gasteiger partial charge in [0.25, 0.3) is 0 Å². The zero-order valence-electron chi connectivity index (χ0n) is 17.5. The first-order chi connectivity index (χ1) is 13.1. The molecule has 8 nitrogen and oxygen atoms in total. The molecule has 0 bridgehead atoms. The van der Waals surface area contributed by atoms with E-state index in [-0.39, 0.29) is 0 Å². The average molecular weight is 382 g/mol. The first-order valence-corrected chi connectivity index (χ1v) is 9.86. The summed E-state index contributed by atoms with van der Waals surface area (Å²) in [7, 11) is 5.25. The number of ether oxygens (including phenoxy) is 3. The molecule has 1 fully saturated rings. The molecule has 0 aliphatic heterocycles. The Balaban J connectivity index is 2.25. The number of nitrogens with zero attached hydrogens (tertiary/aromatic N) is 5. The van der Waals surface area contributed by atoms with E-state index in [9.17, 15) is 0 Å². The van der Waals surface area contributed by atoms with E-state index in [1.807, 2.05) is 16.8 Å². The number of hydrogen-bond donors (Lipinski definition) is 0. The summed E-state index contributed by atoms with van der Waals surface area (Å²) in [5.41, 5.74) is 0. The fourth-order valence-corrected chi connectivity index (χ4v) is 3.29. The summed E-state index contributed by atoms with van der Waals surface area (Å²) >= 11 is 0. The van der Waals surface area contributed by atoms with Crippen molar-refractivity contribution >= 4 is 11.9 Å². The molecule has 1 heterocycles. The van der Waals surface area contributed by atoms with Crippen molar-refractivity contribution in [2.75, 3.05) is 57.9 Å². The first kappa shape index (κ1) is 21.8. The van der Waals surface area contributed by atoms with Gasteiger partial charge in [0.05, 0.1) is 0 Å². The molecule has 0 aromatic carbocycles. The van der Waals surface area contributed by atoms with Gasteiger partial charge >= 0.3 is 0 Å². The van der Waals surface area contributed by atoms with E-state index in [0.717, 1.165) is 31.5 Å². The second-order valence-electron chi connectivity index (χ2n) is 7.37. The van der Waals surface area contributed by atoms with Crippen molar-refractivity contribution in [3.63, 3.8) is 0 Å². The Morgan fingerprint density at radius 1 is 1.00 bits per heavy atom. The minimum absolute atomic E-state index is 0.365. The van der Waals surface area contributed by atoms with Gasteiger partial charge in [0.1, 0.15) is 26.0 Å². The van der Waals surface area contributed by atoms with Crippen molar-refractivity contribution in [2.24, 2.45) is 5.92 Å². The maximum Gasteiger partial charge on any atom is 0.234 e. The Kier molecular flexibility index (Phi) is 9.17. The van der Waals surface area contributed by atoms with Crippen molar-refractivity contribution in [1.29, 1.82) is 0 Å². The van der Waals surface area contributed by atoms with Gasteiger partial charge in [-0.25, -0.2) is 0 Å². The lowest BCUT2D eigenvalue weighted by Crippen LogP contribution is -2.32. The summed E-state index contributed by atoms with van der Waals surface area (Å²) < 4.78 is 16.4. The van der Waals surface area contributed by atoms with Crippen LogP contribution in [0.15, 0.2) is 0 Å². The fraction of sp³-hybridized carbons (Fsp3) is 0.842. The molecule has 1 saturated carbocycles. The summed E-state index contributed by atoms with van der Waals surface area (Å²) in [6, 6.07) is 0. The highest BCUT2D eigenvalue weighted by atomic mass is 16.5. The van der Waals surface area contributed by atoms with Crippen LogP contribution in [0.3, 0.4) is 0 Å². The van der Waals surface area contributed by atoms with Crippen LogP contribution in [0.1, 0.15) is 57.7 Å². The molecule has 0 N–H and O–H groups in total. The molecule has 0 spiro atoms. The monoisotopic (exact) mass is 381 g/mol. The third-order valence-electron chi connectivity index (χ3n) is 4.81. The predicted molar refractivity (Wildman–Crippen MR) is 106 cm³/mol. The van der Waals surface area contributed by atoms with Gasteiger partial charge in [-0.1, -0.05) is 20.3 Å². The van der Waals surface area contributed by atoms with Crippen LogP contribution in [0.25, 0.3) is 0 Å². The standard InChI is InChI=1S/C19H35N5O3/c1-6-7-10-27-14-24(13-26-5)19-21-17(16-9-8-15(2)11-16)20-18(22-19)23(3)12-25-4/h15-16H,6-14H2,1-5H3. The highest BCUT2D eigenvalue weighted by Crippen LogP contribution is 2.37. The topological polar surface area (TPSA) is 72.8 Å². The molecule has 1 aliphatic rings. The molecule has 0 saturated heterocycles. The van der Waals surface area contributed by atoms with Gasteiger partial charge in [-0.05, 0) is 31.6 Å². The molecule has 2 rings (SSSR count). The van der Waals surface area contributed by atoms with Gasteiger partial charge in [-0.15, -0.1) is 0 Å². The van der Waals surface area contributed by atoms with Gasteiger partial charge in [-0.3, -0.25) is 4.90 Å². The van der Waals surface area contributed by atoms with Crippen molar-refractivity contribution < 1.29 is 14.2 Å². The van der Waals surface area contributed by atoms with Crippen LogP contribution < -0.4 is 9.80 Å². The van der Waals surface area contributed by atoms with Gasteiger partial charge in [-0.2, -0.15) is 15.0 Å². The van der Waals surface area contributed by atoms with E-state index in [0.29, 0.717) is 50.5 Å². The molecular weight excluding hydrogens is 346 g/mol. The Bertz CT molecular complexity index is 560. The Morgan fingerprint density at radius 2 is 1.74 bits per heavy atom. The molecule has 0 radical (unpaired) electrons. The van der Waals surface area contributed by atoms with Gasteiger partial charge in [0, 0.05) is 33.8 Å². The molecule has 1 aliphatic carbocycles. The zero-order chi connectivity index (χ0) is 19.6. The van der Waals surface area contributed by atoms with Gasteiger partial charge in [0.2, 0.25) is 11.9 Å². The van der Waals surface area contributed by atoms with Crippen LogP contribution in [0.4, 0.5) is 11.9 Å². The van der Waals surface area contributed by atoms with E-state index in [4.69, 9.17) is 24.2 Å². The summed E-state index contributed by atoms with van der Waals surface area (Å²) in [6.07, 6.45) is 5.59. The van der Waals surface area contributed by atoms with E-state index in [2.05, 4.69) is 18.8 Å². The SMILES string of the molecule is CCCCOCN(COC)c1nc(C2CCC(C)C2)nc(N(C)COC)n1. The summed E-state index contributed by atoms with van der Waals surface area (Å²) in [6.45, 7) is 6.33. The summed E-state index contributed by atoms with van der Waals surface area (Å²) in [4.78, 5) is 18.0. The smallest absolute Gasteiger partial charge is 0.234 e. The zero-order valence-corrected chi connectivity index (χ0v) is 17.5.